The van der Waals surface area contributed by atoms with Gasteiger partial charge >= 0.3 is 5.97 Å². The van der Waals surface area contributed by atoms with Gasteiger partial charge < -0.3 is 4.74 Å². The van der Waals surface area contributed by atoms with E-state index in [4.69, 9.17) is 4.74 Å². The molecular weight excluding hydrogens is 332 g/mol. The summed E-state index contributed by atoms with van der Waals surface area (Å²) in [5, 5.41) is 0. The Morgan fingerprint density at radius 2 is 1.59 bits per heavy atom. The lowest BCUT2D eigenvalue weighted by molar-refractivity contribution is -0.00410. The Hall–Kier alpha value is -2.35. The van der Waals surface area contributed by atoms with E-state index in [1.165, 1.54) is 12.8 Å². The minimum absolute atomic E-state index is 0.122. The van der Waals surface area contributed by atoms with Crippen molar-refractivity contribution in [2.24, 2.45) is 35.5 Å². The molecule has 0 N–H and O–H groups in total. The third-order valence-electron chi connectivity index (χ3n) is 7.67. The Morgan fingerprint density at radius 3 is 2.44 bits per heavy atom. The molecule has 2 nitrogen and oxygen atoms in total. The first-order valence-electron chi connectivity index (χ1n) is 10.3. The molecular formula is C25H24O2. The van der Waals surface area contributed by atoms with Crippen LogP contribution in [0.15, 0.2) is 66.7 Å². The Bertz CT molecular complexity index is 915. The number of hydrogen-bond donors (Lipinski definition) is 0. The first-order chi connectivity index (χ1) is 13.3. The first-order valence-corrected chi connectivity index (χ1v) is 10.3. The van der Waals surface area contributed by atoms with Crippen molar-refractivity contribution in [2.75, 3.05) is 0 Å². The first kappa shape index (κ1) is 15.7. The maximum Gasteiger partial charge on any atom is 0.338 e. The molecule has 2 aromatic rings. The summed E-state index contributed by atoms with van der Waals surface area (Å²) < 4.78 is 6.08. The monoisotopic (exact) mass is 356 g/mol. The van der Waals surface area contributed by atoms with Crippen molar-refractivity contribution in [3.8, 4) is 11.1 Å². The minimum atomic E-state index is -0.152. The van der Waals surface area contributed by atoms with E-state index in [0.29, 0.717) is 11.5 Å². The van der Waals surface area contributed by atoms with Gasteiger partial charge in [-0.05, 0) is 78.0 Å². The van der Waals surface area contributed by atoms with Gasteiger partial charge in [-0.3, -0.25) is 0 Å². The number of esters is 1. The highest BCUT2D eigenvalue weighted by Crippen LogP contribution is 2.65. The van der Waals surface area contributed by atoms with Gasteiger partial charge in [0.2, 0.25) is 0 Å². The second-order valence-corrected chi connectivity index (χ2v) is 8.89. The number of benzene rings is 2. The summed E-state index contributed by atoms with van der Waals surface area (Å²) in [6, 6.07) is 18.1. The van der Waals surface area contributed by atoms with E-state index in [1.54, 1.807) is 0 Å². The maximum absolute atomic E-state index is 12.9. The molecule has 0 amide bonds. The summed E-state index contributed by atoms with van der Waals surface area (Å²) in [6.07, 6.45) is 8.72. The molecule has 2 heteroatoms. The lowest BCUT2D eigenvalue weighted by atomic mass is 9.72. The van der Waals surface area contributed by atoms with Crippen LogP contribution in [0.2, 0.25) is 0 Å². The van der Waals surface area contributed by atoms with Gasteiger partial charge in [0.05, 0.1) is 5.56 Å². The average Bonchev–Trinajstić information content (AvgIpc) is 3.48. The third kappa shape index (κ3) is 2.35. The molecule has 4 bridgehead atoms. The van der Waals surface area contributed by atoms with Crippen LogP contribution in [-0.4, -0.2) is 12.1 Å². The Morgan fingerprint density at radius 1 is 0.815 bits per heavy atom. The van der Waals surface area contributed by atoms with Crippen LogP contribution in [0.5, 0.6) is 0 Å². The minimum Gasteiger partial charge on any atom is -0.458 e. The van der Waals surface area contributed by atoms with Crippen molar-refractivity contribution in [2.45, 2.75) is 25.4 Å². The van der Waals surface area contributed by atoms with Crippen LogP contribution in [0.1, 0.15) is 29.6 Å². The molecule has 4 aliphatic carbocycles. The summed E-state index contributed by atoms with van der Waals surface area (Å²) in [5.41, 5.74) is 2.86. The fraction of sp³-hybridized carbons (Fsp3) is 0.400. The van der Waals surface area contributed by atoms with Crippen LogP contribution >= 0.6 is 0 Å². The zero-order valence-corrected chi connectivity index (χ0v) is 15.3. The smallest absolute Gasteiger partial charge is 0.338 e. The fourth-order valence-corrected chi connectivity index (χ4v) is 6.75. The number of fused-ring (bicyclic) bond motifs is 9. The molecule has 0 aromatic heterocycles. The zero-order valence-electron chi connectivity index (χ0n) is 15.3. The van der Waals surface area contributed by atoms with E-state index in [0.717, 1.165) is 47.1 Å². The van der Waals surface area contributed by atoms with Crippen molar-refractivity contribution in [3.63, 3.8) is 0 Å². The Labute approximate surface area is 160 Å². The van der Waals surface area contributed by atoms with Crippen molar-refractivity contribution >= 4 is 5.97 Å². The summed E-state index contributed by atoms with van der Waals surface area (Å²) >= 11 is 0. The number of hydrogen-bond acceptors (Lipinski definition) is 2. The standard InChI is InChI=1S/C25H24O2/c26-25(19-8-4-7-16(11-19)15-5-2-1-3-6-15)27-22-14-20-13-21(22)24-18-10-9-17(12-18)23(20)24/h1-11,17-18,20-24H,12-14H2. The molecule has 6 rings (SSSR count). The lowest BCUT2D eigenvalue weighted by Gasteiger charge is -2.36. The van der Waals surface area contributed by atoms with Gasteiger partial charge in [-0.15, -0.1) is 0 Å². The van der Waals surface area contributed by atoms with Crippen molar-refractivity contribution < 1.29 is 9.53 Å². The average molecular weight is 356 g/mol. The normalized spacial score (nSPS) is 37.6. The van der Waals surface area contributed by atoms with Gasteiger partial charge in [-0.1, -0.05) is 54.6 Å². The molecule has 0 saturated heterocycles. The fourth-order valence-electron chi connectivity index (χ4n) is 6.75. The summed E-state index contributed by atoms with van der Waals surface area (Å²) in [5.74, 6) is 4.41. The summed E-state index contributed by atoms with van der Waals surface area (Å²) in [4.78, 5) is 12.9. The van der Waals surface area contributed by atoms with Crippen molar-refractivity contribution in [1.29, 1.82) is 0 Å². The van der Waals surface area contributed by atoms with Gasteiger partial charge in [-0.2, -0.15) is 0 Å². The molecule has 0 aliphatic heterocycles. The van der Waals surface area contributed by atoms with Crippen LogP contribution < -0.4 is 0 Å². The molecule has 3 fully saturated rings. The predicted octanol–water partition coefficient (Wildman–Crippen LogP) is 5.36. The highest BCUT2D eigenvalue weighted by Gasteiger charge is 2.61. The highest BCUT2D eigenvalue weighted by molar-refractivity contribution is 5.91. The second kappa shape index (κ2) is 5.82. The predicted molar refractivity (Wildman–Crippen MR) is 105 cm³/mol. The number of carbonyl (C=O) groups excluding carboxylic acids is 1. The van der Waals surface area contributed by atoms with Crippen LogP contribution in [0, 0.1) is 35.5 Å². The van der Waals surface area contributed by atoms with Gasteiger partial charge in [0.25, 0.3) is 0 Å². The summed E-state index contributed by atoms with van der Waals surface area (Å²) in [6.45, 7) is 0. The van der Waals surface area contributed by atoms with E-state index in [1.807, 2.05) is 36.4 Å². The van der Waals surface area contributed by atoms with E-state index >= 15 is 0 Å². The van der Waals surface area contributed by atoms with Crippen LogP contribution in [0.25, 0.3) is 11.1 Å². The topological polar surface area (TPSA) is 26.3 Å². The number of rotatable bonds is 3. The van der Waals surface area contributed by atoms with E-state index in [9.17, 15) is 4.79 Å². The zero-order chi connectivity index (χ0) is 18.0. The third-order valence-corrected chi connectivity index (χ3v) is 7.67. The molecule has 7 unspecified atom stereocenters. The molecule has 136 valence electrons. The number of allylic oxidation sites excluding steroid dienone is 2. The molecule has 0 spiro atoms. The largest absolute Gasteiger partial charge is 0.458 e. The van der Waals surface area contributed by atoms with E-state index in [2.05, 4.69) is 30.4 Å². The highest BCUT2D eigenvalue weighted by atomic mass is 16.5. The van der Waals surface area contributed by atoms with Gasteiger partial charge in [0.1, 0.15) is 6.10 Å². The molecule has 0 heterocycles. The number of carbonyl (C=O) groups is 1. The lowest BCUT2D eigenvalue weighted by Crippen LogP contribution is -2.36. The molecule has 2 aromatic carbocycles. The Kier molecular flexibility index (Phi) is 3.38. The SMILES string of the molecule is O=C(OC1CC2CC1C1C3C=CC(C3)C21)c1cccc(-c2ccccc2)c1. The second-order valence-electron chi connectivity index (χ2n) is 8.89. The summed E-state index contributed by atoms with van der Waals surface area (Å²) in [7, 11) is 0. The van der Waals surface area contributed by atoms with Gasteiger partial charge in [0.15, 0.2) is 0 Å². The van der Waals surface area contributed by atoms with Gasteiger partial charge in [0, 0.05) is 0 Å². The molecule has 4 aliphatic rings. The van der Waals surface area contributed by atoms with Crippen molar-refractivity contribution in [3.05, 3.63) is 72.3 Å². The molecule has 0 radical (unpaired) electrons. The quantitative estimate of drug-likeness (QED) is 0.420. The molecule has 3 saturated carbocycles. The van der Waals surface area contributed by atoms with Crippen LogP contribution in [0.4, 0.5) is 0 Å². The van der Waals surface area contributed by atoms with Crippen molar-refractivity contribution in [1.82, 2.24) is 0 Å². The van der Waals surface area contributed by atoms with Crippen LogP contribution in [0.3, 0.4) is 0 Å². The van der Waals surface area contributed by atoms with E-state index < -0.39 is 0 Å². The maximum atomic E-state index is 12.9. The Balaban J connectivity index is 1.21. The van der Waals surface area contributed by atoms with E-state index in [-0.39, 0.29) is 12.1 Å². The molecule has 27 heavy (non-hydrogen) atoms. The molecule has 7 atom stereocenters. The van der Waals surface area contributed by atoms with Gasteiger partial charge in [-0.25, -0.2) is 4.79 Å². The van der Waals surface area contributed by atoms with Crippen LogP contribution in [-0.2, 0) is 4.74 Å². The number of ether oxygens (including phenoxy) is 1.